The summed E-state index contributed by atoms with van der Waals surface area (Å²) in [6.07, 6.45) is 1.19. The first kappa shape index (κ1) is 19.4. The number of para-hydroxylation sites is 1. The van der Waals surface area contributed by atoms with Gasteiger partial charge in [0.1, 0.15) is 0 Å². The lowest BCUT2D eigenvalue weighted by Gasteiger charge is -2.20. The molecule has 0 bridgehead atoms. The molecule has 0 atom stereocenters. The summed E-state index contributed by atoms with van der Waals surface area (Å²) < 4.78 is 25.3. The van der Waals surface area contributed by atoms with Crippen LogP contribution in [0.1, 0.15) is 17.5 Å². The molecule has 0 fully saturated rings. The number of rotatable bonds is 7. The summed E-state index contributed by atoms with van der Waals surface area (Å²) in [6, 6.07) is 14.5. The van der Waals surface area contributed by atoms with Crippen LogP contribution in [-0.2, 0) is 21.4 Å². The predicted octanol–water partition coefficient (Wildman–Crippen LogP) is 3.44. The summed E-state index contributed by atoms with van der Waals surface area (Å²) in [4.78, 5) is 12.1. The molecule has 0 radical (unpaired) electrons. The normalized spacial score (nSPS) is 11.5. The Labute approximate surface area is 153 Å². The van der Waals surface area contributed by atoms with Gasteiger partial charge in [0, 0.05) is 19.5 Å². The van der Waals surface area contributed by atoms with Crippen LogP contribution in [0.3, 0.4) is 0 Å². The second kappa shape index (κ2) is 8.47. The molecule has 0 spiro atoms. The predicted molar refractivity (Wildman–Crippen MR) is 101 cm³/mol. The molecule has 2 rings (SSSR count). The first-order valence-electron chi connectivity index (χ1n) is 7.81. The third-order valence-electron chi connectivity index (χ3n) is 3.68. The number of anilines is 1. The minimum absolute atomic E-state index is 0.0458. The Bertz CT molecular complexity index is 836. The van der Waals surface area contributed by atoms with E-state index in [4.69, 9.17) is 11.6 Å². The van der Waals surface area contributed by atoms with Gasteiger partial charge in [-0.15, -0.1) is 0 Å². The monoisotopic (exact) mass is 380 g/mol. The van der Waals surface area contributed by atoms with Gasteiger partial charge in [-0.05, 0) is 24.6 Å². The highest BCUT2D eigenvalue weighted by Gasteiger charge is 2.18. The van der Waals surface area contributed by atoms with Gasteiger partial charge in [0.25, 0.3) is 0 Å². The van der Waals surface area contributed by atoms with E-state index in [0.29, 0.717) is 10.7 Å². The van der Waals surface area contributed by atoms with Crippen molar-refractivity contribution >= 4 is 33.2 Å². The fourth-order valence-electron chi connectivity index (χ4n) is 2.26. The molecule has 0 unspecified atom stereocenters. The number of benzene rings is 2. The lowest BCUT2D eigenvalue weighted by molar-refractivity contribution is -0.116. The van der Waals surface area contributed by atoms with Gasteiger partial charge < -0.3 is 5.32 Å². The van der Waals surface area contributed by atoms with Crippen molar-refractivity contribution in [1.29, 1.82) is 0 Å². The van der Waals surface area contributed by atoms with Crippen LogP contribution in [0, 0.1) is 6.92 Å². The highest BCUT2D eigenvalue weighted by molar-refractivity contribution is 7.88. The van der Waals surface area contributed by atoms with Gasteiger partial charge in [-0.3, -0.25) is 4.79 Å². The molecule has 2 aromatic carbocycles. The molecule has 134 valence electrons. The van der Waals surface area contributed by atoms with Gasteiger partial charge in [-0.25, -0.2) is 8.42 Å². The van der Waals surface area contributed by atoms with E-state index in [1.807, 2.05) is 31.2 Å². The number of aryl methyl sites for hydroxylation is 1. The molecule has 0 aromatic heterocycles. The zero-order valence-corrected chi connectivity index (χ0v) is 15.8. The van der Waals surface area contributed by atoms with E-state index in [1.165, 1.54) is 4.31 Å². The van der Waals surface area contributed by atoms with Crippen LogP contribution < -0.4 is 5.32 Å². The largest absolute Gasteiger partial charge is 0.325 e. The van der Waals surface area contributed by atoms with Crippen molar-refractivity contribution in [3.63, 3.8) is 0 Å². The maximum Gasteiger partial charge on any atom is 0.225 e. The molecule has 0 aliphatic rings. The second-order valence-corrected chi connectivity index (χ2v) is 8.25. The molecule has 1 amide bonds. The summed E-state index contributed by atoms with van der Waals surface area (Å²) in [7, 11) is -3.42. The van der Waals surface area contributed by atoms with Crippen molar-refractivity contribution in [3.8, 4) is 0 Å². The zero-order valence-electron chi connectivity index (χ0n) is 14.2. The Balaban J connectivity index is 1.99. The smallest absolute Gasteiger partial charge is 0.225 e. The summed E-state index contributed by atoms with van der Waals surface area (Å²) in [5.41, 5.74) is 2.50. The third-order valence-corrected chi connectivity index (χ3v) is 5.26. The van der Waals surface area contributed by atoms with Gasteiger partial charge in [0.15, 0.2) is 0 Å². The lowest BCUT2D eigenvalue weighted by atomic mass is 10.1. The van der Waals surface area contributed by atoms with Crippen LogP contribution in [0.2, 0.25) is 5.02 Å². The Hall–Kier alpha value is -1.89. The average Bonchev–Trinajstić information content (AvgIpc) is 2.54. The quantitative estimate of drug-likeness (QED) is 0.800. The van der Waals surface area contributed by atoms with E-state index in [9.17, 15) is 13.2 Å². The maximum absolute atomic E-state index is 12.1. The third kappa shape index (κ3) is 6.16. The molecule has 5 nitrogen and oxygen atoms in total. The molecule has 2 aromatic rings. The van der Waals surface area contributed by atoms with E-state index in [-0.39, 0.29) is 25.4 Å². The summed E-state index contributed by atoms with van der Waals surface area (Å²) in [5.74, 6) is -0.286. The van der Waals surface area contributed by atoms with Crippen molar-refractivity contribution in [2.45, 2.75) is 19.9 Å². The molecule has 0 aliphatic heterocycles. The number of carbonyl (C=O) groups is 1. The van der Waals surface area contributed by atoms with Crippen LogP contribution >= 0.6 is 11.6 Å². The number of carbonyl (C=O) groups excluding carboxylic acids is 1. The van der Waals surface area contributed by atoms with E-state index in [2.05, 4.69) is 5.32 Å². The SMILES string of the molecule is Cc1ccc(CN(CCC(=O)Nc2ccccc2Cl)S(C)(=O)=O)cc1. The number of hydrogen-bond acceptors (Lipinski definition) is 3. The summed E-state index contributed by atoms with van der Waals surface area (Å²) in [5, 5.41) is 3.14. The van der Waals surface area contributed by atoms with E-state index >= 15 is 0 Å². The molecular weight excluding hydrogens is 360 g/mol. The van der Waals surface area contributed by atoms with Crippen LogP contribution in [-0.4, -0.2) is 31.4 Å². The average molecular weight is 381 g/mol. The summed E-state index contributed by atoms with van der Waals surface area (Å²) >= 11 is 6.00. The first-order chi connectivity index (χ1) is 11.8. The van der Waals surface area contributed by atoms with E-state index in [0.717, 1.165) is 17.4 Å². The molecule has 0 aliphatic carbocycles. The highest BCUT2D eigenvalue weighted by atomic mass is 35.5. The van der Waals surface area contributed by atoms with Crippen molar-refractivity contribution in [1.82, 2.24) is 4.31 Å². The van der Waals surface area contributed by atoms with Gasteiger partial charge in [-0.1, -0.05) is 53.6 Å². The van der Waals surface area contributed by atoms with Gasteiger partial charge in [-0.2, -0.15) is 4.31 Å². The lowest BCUT2D eigenvalue weighted by Crippen LogP contribution is -2.32. The number of hydrogen-bond donors (Lipinski definition) is 1. The number of nitrogens with one attached hydrogen (secondary N) is 1. The molecular formula is C18H21ClN2O3S. The maximum atomic E-state index is 12.1. The second-order valence-electron chi connectivity index (χ2n) is 5.86. The Morgan fingerprint density at radius 1 is 1.12 bits per heavy atom. The zero-order chi connectivity index (χ0) is 18.4. The number of halogens is 1. The Morgan fingerprint density at radius 2 is 1.76 bits per heavy atom. The summed E-state index contributed by atoms with van der Waals surface area (Å²) in [6.45, 7) is 2.30. The van der Waals surface area contributed by atoms with Gasteiger partial charge >= 0.3 is 0 Å². The Morgan fingerprint density at radius 3 is 2.36 bits per heavy atom. The molecule has 0 saturated heterocycles. The van der Waals surface area contributed by atoms with Crippen molar-refractivity contribution in [3.05, 3.63) is 64.7 Å². The minimum atomic E-state index is -3.42. The van der Waals surface area contributed by atoms with Crippen molar-refractivity contribution in [2.75, 3.05) is 18.1 Å². The topological polar surface area (TPSA) is 66.5 Å². The number of sulfonamides is 1. The van der Waals surface area contributed by atoms with Gasteiger partial charge in [0.05, 0.1) is 17.0 Å². The Kier molecular flexibility index (Phi) is 6.58. The molecule has 7 heteroatoms. The molecule has 0 saturated carbocycles. The molecule has 1 N–H and O–H groups in total. The standard InChI is InChI=1S/C18H21ClN2O3S/c1-14-7-9-15(10-8-14)13-21(25(2,23)24)12-11-18(22)20-17-6-4-3-5-16(17)19/h3-10H,11-13H2,1-2H3,(H,20,22). The van der Waals surface area contributed by atoms with Crippen LogP contribution in [0.5, 0.6) is 0 Å². The van der Waals surface area contributed by atoms with Crippen LogP contribution in [0.25, 0.3) is 0 Å². The van der Waals surface area contributed by atoms with Crippen LogP contribution in [0.4, 0.5) is 5.69 Å². The first-order valence-corrected chi connectivity index (χ1v) is 10.0. The highest BCUT2D eigenvalue weighted by Crippen LogP contribution is 2.20. The molecule has 0 heterocycles. The molecule has 25 heavy (non-hydrogen) atoms. The minimum Gasteiger partial charge on any atom is -0.325 e. The van der Waals surface area contributed by atoms with E-state index < -0.39 is 10.0 Å². The van der Waals surface area contributed by atoms with Crippen LogP contribution in [0.15, 0.2) is 48.5 Å². The number of nitrogens with zero attached hydrogens (tertiary/aromatic N) is 1. The van der Waals surface area contributed by atoms with Gasteiger partial charge in [0.2, 0.25) is 15.9 Å². The van der Waals surface area contributed by atoms with Crippen molar-refractivity contribution in [2.24, 2.45) is 0 Å². The fraction of sp³-hybridized carbons (Fsp3) is 0.278. The number of amides is 1. The van der Waals surface area contributed by atoms with Crippen molar-refractivity contribution < 1.29 is 13.2 Å². The fourth-order valence-corrected chi connectivity index (χ4v) is 3.25. The van der Waals surface area contributed by atoms with E-state index in [1.54, 1.807) is 24.3 Å².